The van der Waals surface area contributed by atoms with Crippen molar-refractivity contribution < 1.29 is 19.1 Å². The maximum Gasteiger partial charge on any atom is 0.254 e. The number of carbonyl (C=O) groups excluding carboxylic acids is 2. The van der Waals surface area contributed by atoms with Crippen LogP contribution in [0.15, 0.2) is 24.8 Å². The van der Waals surface area contributed by atoms with Crippen molar-refractivity contribution in [3.8, 4) is 11.5 Å². The molecule has 2 aliphatic heterocycles. The number of hydrogen-bond acceptors (Lipinski definition) is 6. The minimum absolute atomic E-state index is 0.0664. The number of amides is 2. The van der Waals surface area contributed by atoms with E-state index in [9.17, 15) is 9.59 Å². The van der Waals surface area contributed by atoms with Gasteiger partial charge in [-0.2, -0.15) is 5.10 Å². The number of aromatic nitrogens is 2. The molecule has 1 fully saturated rings. The van der Waals surface area contributed by atoms with Crippen LogP contribution in [0.25, 0.3) is 0 Å². The van der Waals surface area contributed by atoms with Crippen LogP contribution in [0.5, 0.6) is 11.5 Å². The predicted molar refractivity (Wildman–Crippen MR) is 115 cm³/mol. The number of primary amides is 1. The minimum Gasteiger partial charge on any atom is -0.485 e. The van der Waals surface area contributed by atoms with Crippen molar-refractivity contribution in [3.05, 3.63) is 46.1 Å². The van der Waals surface area contributed by atoms with Crippen LogP contribution in [0.4, 0.5) is 5.82 Å². The molecule has 31 heavy (non-hydrogen) atoms. The summed E-state index contributed by atoms with van der Waals surface area (Å²) in [7, 11) is 0. The Labute approximate surface area is 188 Å². The zero-order valence-electron chi connectivity index (χ0n) is 16.5. The fourth-order valence-corrected chi connectivity index (χ4v) is 4.25. The van der Waals surface area contributed by atoms with Gasteiger partial charge in [0.15, 0.2) is 17.6 Å². The monoisotopic (exact) mass is 465 g/mol. The van der Waals surface area contributed by atoms with Crippen LogP contribution < -0.4 is 20.9 Å². The summed E-state index contributed by atoms with van der Waals surface area (Å²) >= 11 is 12.1. The second kappa shape index (κ2) is 8.32. The lowest BCUT2D eigenvalue weighted by Gasteiger charge is -2.26. The number of benzene rings is 1. The van der Waals surface area contributed by atoms with Crippen LogP contribution in [-0.4, -0.2) is 45.7 Å². The summed E-state index contributed by atoms with van der Waals surface area (Å²) in [5, 5.41) is 5.15. The van der Waals surface area contributed by atoms with E-state index in [1.807, 2.05) is 0 Å². The quantitative estimate of drug-likeness (QED) is 0.653. The Morgan fingerprint density at radius 1 is 1.29 bits per heavy atom. The number of carbonyl (C=O) groups is 2. The highest BCUT2D eigenvalue weighted by Gasteiger charge is 2.34. The first kappa shape index (κ1) is 21.3. The molecule has 4 rings (SSSR count). The third-order valence-corrected chi connectivity index (χ3v) is 6.16. The van der Waals surface area contributed by atoms with Crippen molar-refractivity contribution >= 4 is 40.8 Å². The molecular weight excluding hydrogens is 445 g/mol. The van der Waals surface area contributed by atoms with Gasteiger partial charge in [-0.3, -0.25) is 9.59 Å². The van der Waals surface area contributed by atoms with Crippen LogP contribution in [0, 0.1) is 0 Å². The first-order valence-corrected chi connectivity index (χ1v) is 10.4. The van der Waals surface area contributed by atoms with Gasteiger partial charge >= 0.3 is 0 Å². The first-order chi connectivity index (χ1) is 14.8. The van der Waals surface area contributed by atoms with E-state index < -0.39 is 12.0 Å². The summed E-state index contributed by atoms with van der Waals surface area (Å²) in [6.07, 6.45) is 2.20. The van der Waals surface area contributed by atoms with Crippen molar-refractivity contribution in [2.24, 2.45) is 5.73 Å². The molecule has 11 heteroatoms. The Morgan fingerprint density at radius 3 is 2.68 bits per heavy atom. The van der Waals surface area contributed by atoms with Gasteiger partial charge in [0, 0.05) is 18.7 Å². The average Bonchev–Trinajstić information content (AvgIpc) is 3.33. The van der Waals surface area contributed by atoms with Crippen molar-refractivity contribution in [1.29, 1.82) is 0 Å². The molecule has 3 heterocycles. The molecule has 1 saturated heterocycles. The summed E-state index contributed by atoms with van der Waals surface area (Å²) in [6.45, 7) is 4.57. The van der Waals surface area contributed by atoms with Gasteiger partial charge in [0.05, 0.1) is 22.6 Å². The molecule has 1 aromatic heterocycles. The van der Waals surface area contributed by atoms with Gasteiger partial charge in [0.2, 0.25) is 5.91 Å². The van der Waals surface area contributed by atoms with E-state index in [0.717, 1.165) is 12.8 Å². The van der Waals surface area contributed by atoms with Crippen molar-refractivity contribution in [3.63, 3.8) is 0 Å². The molecule has 2 atom stereocenters. The molecule has 0 spiro atoms. The first-order valence-electron chi connectivity index (χ1n) is 9.67. The van der Waals surface area contributed by atoms with Gasteiger partial charge in [-0.15, -0.1) is 0 Å². The maximum atomic E-state index is 12.2. The summed E-state index contributed by atoms with van der Waals surface area (Å²) in [6, 6.07) is 2.97. The number of nitrogens with two attached hydrogens (primary N) is 2. The molecule has 164 valence electrons. The second-order valence-electron chi connectivity index (χ2n) is 7.35. The van der Waals surface area contributed by atoms with Crippen LogP contribution >= 0.6 is 23.2 Å². The van der Waals surface area contributed by atoms with Crippen LogP contribution in [0.1, 0.15) is 35.0 Å². The smallest absolute Gasteiger partial charge is 0.254 e. The highest BCUT2D eigenvalue weighted by molar-refractivity contribution is 6.42. The van der Waals surface area contributed by atoms with E-state index >= 15 is 0 Å². The van der Waals surface area contributed by atoms with Gasteiger partial charge in [0.25, 0.3) is 5.91 Å². The zero-order chi connectivity index (χ0) is 22.3. The molecule has 0 radical (unpaired) electrons. The molecular formula is C20H21Cl2N5O4. The van der Waals surface area contributed by atoms with Crippen molar-refractivity contribution in [2.75, 3.05) is 18.9 Å². The minimum atomic E-state index is -0.731. The van der Waals surface area contributed by atoms with Gasteiger partial charge in [-0.05, 0) is 18.9 Å². The normalized spacial score (nSPS) is 20.0. The Balaban J connectivity index is 1.64. The standard InChI is InChI=1S/C20H21Cl2N5O4/c1-2-16(28)26-5-3-4-10(26)8-27-19(23)17(20(24)29)18(25-27)15-9-30-13-6-11(21)12(22)7-14(13)31-15/h2,6-7,10,15H,1,3-5,8-9,23H2,(H2,24,29)/t10-,15?/m0/s1. The Bertz CT molecular complexity index is 1070. The second-order valence-corrected chi connectivity index (χ2v) is 8.17. The lowest BCUT2D eigenvalue weighted by molar-refractivity contribution is -0.127. The number of anilines is 1. The number of hydrogen-bond donors (Lipinski definition) is 2. The molecule has 0 bridgehead atoms. The number of nitrogens with zero attached hydrogens (tertiary/aromatic N) is 3. The fourth-order valence-electron chi connectivity index (χ4n) is 3.95. The summed E-state index contributed by atoms with van der Waals surface area (Å²) < 4.78 is 13.2. The van der Waals surface area contributed by atoms with Gasteiger partial charge in [-0.25, -0.2) is 4.68 Å². The van der Waals surface area contributed by atoms with E-state index in [1.54, 1.807) is 11.0 Å². The number of halogens is 2. The molecule has 9 nitrogen and oxygen atoms in total. The SMILES string of the molecule is C=CC(=O)N1CCC[C@H]1Cn1nc(C2COc3cc(Cl)c(Cl)cc3O2)c(C(N)=O)c1N. The third-order valence-electron chi connectivity index (χ3n) is 5.43. The summed E-state index contributed by atoms with van der Waals surface area (Å²) in [4.78, 5) is 26.0. The molecule has 2 aliphatic rings. The molecule has 1 aromatic carbocycles. The van der Waals surface area contributed by atoms with Crippen molar-refractivity contribution in [1.82, 2.24) is 14.7 Å². The number of rotatable bonds is 5. The molecule has 1 unspecified atom stereocenters. The fraction of sp³-hybridized carbons (Fsp3) is 0.350. The predicted octanol–water partition coefficient (Wildman–Crippen LogP) is 2.56. The number of likely N-dealkylation sites (tertiary alicyclic amines) is 1. The van der Waals surface area contributed by atoms with E-state index in [2.05, 4.69) is 11.7 Å². The molecule has 2 amide bonds. The van der Waals surface area contributed by atoms with E-state index in [4.69, 9.17) is 44.1 Å². The van der Waals surface area contributed by atoms with Gasteiger partial charge in [-0.1, -0.05) is 29.8 Å². The molecule has 2 aromatic rings. The van der Waals surface area contributed by atoms with Crippen LogP contribution in [0.2, 0.25) is 10.0 Å². The Morgan fingerprint density at radius 2 is 2.00 bits per heavy atom. The lowest BCUT2D eigenvalue weighted by atomic mass is 10.1. The number of fused-ring (bicyclic) bond motifs is 1. The van der Waals surface area contributed by atoms with Gasteiger partial charge < -0.3 is 25.8 Å². The van der Waals surface area contributed by atoms with Crippen molar-refractivity contribution in [2.45, 2.75) is 31.5 Å². The lowest BCUT2D eigenvalue weighted by Crippen LogP contribution is -2.37. The zero-order valence-corrected chi connectivity index (χ0v) is 18.0. The highest BCUT2D eigenvalue weighted by atomic mass is 35.5. The highest BCUT2D eigenvalue weighted by Crippen LogP contribution is 2.42. The van der Waals surface area contributed by atoms with Crippen LogP contribution in [-0.2, 0) is 11.3 Å². The maximum absolute atomic E-state index is 12.2. The number of nitrogen functional groups attached to an aromatic ring is 1. The van der Waals surface area contributed by atoms with Crippen LogP contribution in [0.3, 0.4) is 0 Å². The van der Waals surface area contributed by atoms with Gasteiger partial charge in [0.1, 0.15) is 23.7 Å². The Hall–Kier alpha value is -2.91. The topological polar surface area (TPSA) is 126 Å². The average molecular weight is 466 g/mol. The third kappa shape index (κ3) is 3.90. The van der Waals surface area contributed by atoms with E-state index in [1.165, 1.54) is 16.8 Å². The van der Waals surface area contributed by atoms with E-state index in [-0.39, 0.29) is 35.6 Å². The van der Waals surface area contributed by atoms with E-state index in [0.29, 0.717) is 34.6 Å². The summed E-state index contributed by atoms with van der Waals surface area (Å²) in [5.41, 5.74) is 12.1. The molecule has 0 saturated carbocycles. The molecule has 0 aliphatic carbocycles. The summed E-state index contributed by atoms with van der Waals surface area (Å²) in [5.74, 6) is 0.0346. The largest absolute Gasteiger partial charge is 0.485 e. The Kier molecular flexibility index (Phi) is 5.72. The number of ether oxygens (including phenoxy) is 2. The molecule has 4 N–H and O–H groups in total.